The first kappa shape index (κ1) is 20.3. The van der Waals surface area contributed by atoms with E-state index in [0.717, 1.165) is 11.1 Å². The van der Waals surface area contributed by atoms with Crippen molar-refractivity contribution < 1.29 is 20.4 Å². The standard InChI is InChI=1S/C24H21N3O4/c1-13-3-6-16(19(29)9-13)22-25-23(17-7-4-14(2)10-20(17)30)27-24(26-22)18-8-5-15(12-28)11-21(18)31/h3-11,28-31H,12H2,1-2H3. The van der Waals surface area contributed by atoms with Gasteiger partial charge in [-0.3, -0.25) is 0 Å². The van der Waals surface area contributed by atoms with Crippen LogP contribution in [-0.4, -0.2) is 35.4 Å². The molecule has 0 amide bonds. The van der Waals surface area contributed by atoms with Crippen molar-refractivity contribution >= 4 is 0 Å². The van der Waals surface area contributed by atoms with Crippen molar-refractivity contribution in [2.45, 2.75) is 20.5 Å². The molecule has 0 spiro atoms. The van der Waals surface area contributed by atoms with Crippen LogP contribution in [0.2, 0.25) is 0 Å². The van der Waals surface area contributed by atoms with Gasteiger partial charge in [0.25, 0.3) is 0 Å². The molecule has 3 aromatic carbocycles. The summed E-state index contributed by atoms with van der Waals surface area (Å²) < 4.78 is 0. The van der Waals surface area contributed by atoms with E-state index in [1.54, 1.807) is 36.4 Å². The van der Waals surface area contributed by atoms with Crippen LogP contribution in [0.5, 0.6) is 17.2 Å². The lowest BCUT2D eigenvalue weighted by molar-refractivity contribution is 0.281. The van der Waals surface area contributed by atoms with Crippen molar-refractivity contribution in [3.8, 4) is 51.4 Å². The highest BCUT2D eigenvalue weighted by Crippen LogP contribution is 2.35. The highest BCUT2D eigenvalue weighted by Gasteiger charge is 2.18. The Balaban J connectivity index is 1.96. The summed E-state index contributed by atoms with van der Waals surface area (Å²) in [4.78, 5) is 13.4. The van der Waals surface area contributed by atoms with Crippen LogP contribution in [0.15, 0.2) is 54.6 Å². The average Bonchev–Trinajstić information content (AvgIpc) is 2.73. The first-order valence-corrected chi connectivity index (χ1v) is 9.65. The second-order valence-electron chi connectivity index (χ2n) is 7.36. The Labute approximate surface area is 179 Å². The number of phenolic OH excluding ortho intramolecular Hbond substituents is 3. The third-order valence-electron chi connectivity index (χ3n) is 4.91. The van der Waals surface area contributed by atoms with Crippen LogP contribution >= 0.6 is 0 Å². The minimum atomic E-state index is -0.212. The summed E-state index contributed by atoms with van der Waals surface area (Å²) in [6.45, 7) is 3.51. The van der Waals surface area contributed by atoms with E-state index >= 15 is 0 Å². The second-order valence-corrected chi connectivity index (χ2v) is 7.36. The topological polar surface area (TPSA) is 120 Å². The molecule has 4 N–H and O–H groups in total. The molecule has 7 heteroatoms. The molecule has 31 heavy (non-hydrogen) atoms. The monoisotopic (exact) mass is 415 g/mol. The van der Waals surface area contributed by atoms with Crippen LogP contribution in [-0.2, 0) is 6.61 Å². The van der Waals surface area contributed by atoms with Crippen molar-refractivity contribution in [1.82, 2.24) is 15.0 Å². The molecule has 0 unspecified atom stereocenters. The highest BCUT2D eigenvalue weighted by atomic mass is 16.3. The molecular formula is C24H21N3O4. The van der Waals surface area contributed by atoms with Gasteiger partial charge in [-0.15, -0.1) is 0 Å². The van der Waals surface area contributed by atoms with E-state index in [1.165, 1.54) is 6.07 Å². The molecule has 0 radical (unpaired) electrons. The van der Waals surface area contributed by atoms with Gasteiger partial charge in [-0.25, -0.2) is 15.0 Å². The molecule has 0 aliphatic heterocycles. The Kier molecular flexibility index (Phi) is 5.27. The molecule has 1 heterocycles. The molecule has 0 aliphatic carbocycles. The summed E-state index contributed by atoms with van der Waals surface area (Å²) in [5.41, 5.74) is 3.43. The Bertz CT molecular complexity index is 1220. The molecule has 0 fully saturated rings. The number of rotatable bonds is 4. The molecule has 0 saturated heterocycles. The number of nitrogens with zero attached hydrogens (tertiary/aromatic N) is 3. The molecule has 156 valence electrons. The second kappa shape index (κ2) is 8.04. The zero-order chi connectivity index (χ0) is 22.1. The predicted molar refractivity (Wildman–Crippen MR) is 117 cm³/mol. The molecule has 0 atom stereocenters. The molecule has 4 aromatic rings. The summed E-state index contributed by atoms with van der Waals surface area (Å²) in [7, 11) is 0. The number of aromatic hydroxyl groups is 3. The fourth-order valence-electron chi connectivity index (χ4n) is 3.26. The lowest BCUT2D eigenvalue weighted by Crippen LogP contribution is -2.01. The van der Waals surface area contributed by atoms with Crippen LogP contribution in [0, 0.1) is 13.8 Å². The Morgan fingerprint density at radius 1 is 0.581 bits per heavy atom. The largest absolute Gasteiger partial charge is 0.507 e. The van der Waals surface area contributed by atoms with Gasteiger partial charge >= 0.3 is 0 Å². The highest BCUT2D eigenvalue weighted by molar-refractivity contribution is 5.73. The summed E-state index contributed by atoms with van der Waals surface area (Å²) in [6, 6.07) is 15.0. The van der Waals surface area contributed by atoms with Crippen LogP contribution in [0.3, 0.4) is 0 Å². The Morgan fingerprint density at radius 2 is 0.968 bits per heavy atom. The lowest BCUT2D eigenvalue weighted by Gasteiger charge is -2.12. The van der Waals surface area contributed by atoms with Gasteiger partial charge in [0, 0.05) is 0 Å². The number of hydrogen-bond donors (Lipinski definition) is 4. The molecule has 1 aromatic heterocycles. The van der Waals surface area contributed by atoms with E-state index in [-0.39, 0.29) is 41.3 Å². The fourth-order valence-corrected chi connectivity index (χ4v) is 3.26. The van der Waals surface area contributed by atoms with Crippen LogP contribution in [0.25, 0.3) is 34.2 Å². The molecular weight excluding hydrogens is 394 g/mol. The summed E-state index contributed by atoms with van der Waals surface area (Å²) >= 11 is 0. The van der Waals surface area contributed by atoms with E-state index in [2.05, 4.69) is 15.0 Å². The van der Waals surface area contributed by atoms with Crippen LogP contribution in [0.1, 0.15) is 16.7 Å². The maximum Gasteiger partial charge on any atom is 0.167 e. The average molecular weight is 415 g/mol. The minimum absolute atomic E-state index is 0.0103. The summed E-state index contributed by atoms with van der Waals surface area (Å²) in [5.74, 6) is 0.483. The zero-order valence-electron chi connectivity index (χ0n) is 17.0. The number of benzene rings is 3. The van der Waals surface area contributed by atoms with Gasteiger partial charge in [0.15, 0.2) is 17.5 Å². The van der Waals surface area contributed by atoms with E-state index in [9.17, 15) is 20.4 Å². The first-order chi connectivity index (χ1) is 14.9. The number of hydrogen-bond acceptors (Lipinski definition) is 7. The van der Waals surface area contributed by atoms with Crippen molar-refractivity contribution in [2.75, 3.05) is 0 Å². The van der Waals surface area contributed by atoms with Gasteiger partial charge < -0.3 is 20.4 Å². The van der Waals surface area contributed by atoms with E-state index in [0.29, 0.717) is 22.3 Å². The Hall–Kier alpha value is -3.97. The van der Waals surface area contributed by atoms with E-state index in [1.807, 2.05) is 26.0 Å². The van der Waals surface area contributed by atoms with Gasteiger partial charge in [-0.2, -0.15) is 0 Å². The number of aliphatic hydroxyl groups is 1. The fraction of sp³-hybridized carbons (Fsp3) is 0.125. The predicted octanol–water partition coefficient (Wildman–Crippen LogP) is 4.10. The van der Waals surface area contributed by atoms with Gasteiger partial charge in [0.05, 0.1) is 23.3 Å². The molecule has 4 rings (SSSR count). The van der Waals surface area contributed by atoms with Gasteiger partial charge in [-0.05, 0) is 66.9 Å². The quantitative estimate of drug-likeness (QED) is 0.396. The number of aryl methyl sites for hydroxylation is 2. The van der Waals surface area contributed by atoms with Gasteiger partial charge in [0.1, 0.15) is 17.2 Å². The van der Waals surface area contributed by atoms with Gasteiger partial charge in [0.2, 0.25) is 0 Å². The maximum atomic E-state index is 10.5. The summed E-state index contributed by atoms with van der Waals surface area (Å²) in [6.07, 6.45) is 0. The SMILES string of the molecule is Cc1ccc(-c2nc(-c3ccc(C)cc3O)nc(-c3ccc(CO)cc3O)n2)c(O)c1. The number of aliphatic hydroxyl groups excluding tert-OH is 1. The van der Waals surface area contributed by atoms with E-state index < -0.39 is 0 Å². The third-order valence-corrected chi connectivity index (χ3v) is 4.91. The molecule has 0 bridgehead atoms. The third kappa shape index (κ3) is 4.04. The van der Waals surface area contributed by atoms with Crippen molar-refractivity contribution in [3.05, 3.63) is 71.3 Å². The van der Waals surface area contributed by atoms with Crippen LogP contribution in [0.4, 0.5) is 0 Å². The van der Waals surface area contributed by atoms with Crippen molar-refractivity contribution in [1.29, 1.82) is 0 Å². The minimum Gasteiger partial charge on any atom is -0.507 e. The van der Waals surface area contributed by atoms with Gasteiger partial charge in [-0.1, -0.05) is 18.2 Å². The van der Waals surface area contributed by atoms with E-state index in [4.69, 9.17) is 0 Å². The Morgan fingerprint density at radius 3 is 1.32 bits per heavy atom. The molecule has 0 saturated carbocycles. The van der Waals surface area contributed by atoms with Crippen molar-refractivity contribution in [3.63, 3.8) is 0 Å². The normalized spacial score (nSPS) is 10.9. The first-order valence-electron chi connectivity index (χ1n) is 9.65. The van der Waals surface area contributed by atoms with Crippen molar-refractivity contribution in [2.24, 2.45) is 0 Å². The molecule has 0 aliphatic rings. The number of phenols is 3. The molecule has 7 nitrogen and oxygen atoms in total. The summed E-state index contributed by atoms with van der Waals surface area (Å²) in [5, 5.41) is 40.7. The van der Waals surface area contributed by atoms with Crippen LogP contribution < -0.4 is 0 Å². The lowest BCUT2D eigenvalue weighted by atomic mass is 10.1. The smallest absolute Gasteiger partial charge is 0.167 e. The number of aromatic nitrogens is 3. The zero-order valence-corrected chi connectivity index (χ0v) is 17.0. The maximum absolute atomic E-state index is 10.5.